The molecule has 0 amide bonds. The third kappa shape index (κ3) is 2.96. The van der Waals surface area contributed by atoms with E-state index in [0.717, 1.165) is 12.0 Å². The summed E-state index contributed by atoms with van der Waals surface area (Å²) >= 11 is 4.12. The van der Waals surface area contributed by atoms with Gasteiger partial charge < -0.3 is 0 Å². The number of hydrogen-bond donors (Lipinski definition) is 1. The number of thiol groups is 1. The third-order valence-corrected chi connectivity index (χ3v) is 4.11. The van der Waals surface area contributed by atoms with E-state index in [1.165, 1.54) is 18.4 Å². The molecule has 0 aliphatic heterocycles. The molecule has 5 heteroatoms. The van der Waals surface area contributed by atoms with Gasteiger partial charge in [0.2, 0.25) is 10.0 Å². The van der Waals surface area contributed by atoms with Crippen molar-refractivity contribution in [3.05, 3.63) is 29.8 Å². The van der Waals surface area contributed by atoms with Crippen molar-refractivity contribution < 1.29 is 8.42 Å². The van der Waals surface area contributed by atoms with E-state index < -0.39 is 10.0 Å². The van der Waals surface area contributed by atoms with E-state index in [0.29, 0.717) is 10.6 Å². The molecule has 0 saturated heterocycles. The lowest BCUT2D eigenvalue weighted by Crippen LogP contribution is -2.22. The van der Waals surface area contributed by atoms with Crippen molar-refractivity contribution >= 4 is 22.7 Å². The Morgan fingerprint density at radius 3 is 2.53 bits per heavy atom. The average molecular weight is 245 g/mol. The molecule has 0 aliphatic rings. The molecule has 1 aromatic rings. The molecule has 1 aromatic carbocycles. The van der Waals surface area contributed by atoms with E-state index in [9.17, 15) is 8.42 Å². The summed E-state index contributed by atoms with van der Waals surface area (Å²) in [4.78, 5) is 0.340. The zero-order chi connectivity index (χ0) is 11.5. The molecule has 0 aliphatic carbocycles. The minimum absolute atomic E-state index is 0.340. The van der Waals surface area contributed by atoms with Crippen molar-refractivity contribution in [2.75, 3.05) is 19.8 Å². The summed E-state index contributed by atoms with van der Waals surface area (Å²) in [7, 11) is -0.253. The van der Waals surface area contributed by atoms with E-state index >= 15 is 0 Å². The lowest BCUT2D eigenvalue weighted by Gasteiger charge is -2.11. The Hall–Kier alpha value is -0.520. The number of rotatable bonds is 4. The molecular weight excluding hydrogens is 230 g/mol. The number of sulfonamides is 1. The van der Waals surface area contributed by atoms with Gasteiger partial charge in [0.05, 0.1) is 4.90 Å². The van der Waals surface area contributed by atoms with E-state index in [1.807, 2.05) is 6.07 Å². The average Bonchev–Trinajstić information content (AvgIpc) is 2.18. The largest absolute Gasteiger partial charge is 0.242 e. The Bertz CT molecular complexity index is 427. The number of nitrogens with zero attached hydrogens (tertiary/aromatic N) is 1. The molecular formula is C10H15NO2S2. The highest BCUT2D eigenvalue weighted by Gasteiger charge is 2.16. The predicted molar refractivity (Wildman–Crippen MR) is 64.9 cm³/mol. The van der Waals surface area contributed by atoms with Gasteiger partial charge in [0.15, 0.2) is 0 Å². The number of hydrogen-bond acceptors (Lipinski definition) is 3. The minimum Gasteiger partial charge on any atom is -0.207 e. The Balaban J connectivity index is 3.11. The van der Waals surface area contributed by atoms with Crippen LogP contribution in [0.15, 0.2) is 29.2 Å². The lowest BCUT2D eigenvalue weighted by atomic mass is 10.2. The van der Waals surface area contributed by atoms with Crippen LogP contribution in [0.1, 0.15) is 5.56 Å². The second-order valence-electron chi connectivity index (χ2n) is 3.41. The molecule has 0 radical (unpaired) electrons. The van der Waals surface area contributed by atoms with Gasteiger partial charge in [-0.1, -0.05) is 12.1 Å². The third-order valence-electron chi connectivity index (χ3n) is 2.08. The summed E-state index contributed by atoms with van der Waals surface area (Å²) in [6.07, 6.45) is 0.778. The molecule has 3 nitrogen and oxygen atoms in total. The topological polar surface area (TPSA) is 37.4 Å². The van der Waals surface area contributed by atoms with Crippen LogP contribution in [0, 0.1) is 0 Å². The van der Waals surface area contributed by atoms with Gasteiger partial charge in [-0.15, -0.1) is 0 Å². The molecule has 0 heterocycles. The first-order chi connectivity index (χ1) is 6.98. The van der Waals surface area contributed by atoms with Crippen LogP contribution in [0.4, 0.5) is 0 Å². The molecule has 0 saturated carbocycles. The Morgan fingerprint density at radius 1 is 1.33 bits per heavy atom. The smallest absolute Gasteiger partial charge is 0.207 e. The second kappa shape index (κ2) is 5.01. The normalized spacial score (nSPS) is 12.0. The Labute approximate surface area is 96.6 Å². The summed E-state index contributed by atoms with van der Waals surface area (Å²) in [5.74, 6) is 0.714. The van der Waals surface area contributed by atoms with Crippen LogP contribution in [-0.2, 0) is 16.4 Å². The van der Waals surface area contributed by atoms with Crippen molar-refractivity contribution in [3.8, 4) is 0 Å². The van der Waals surface area contributed by atoms with Crippen LogP contribution in [-0.4, -0.2) is 32.6 Å². The number of aryl methyl sites for hydroxylation is 1. The van der Waals surface area contributed by atoms with Gasteiger partial charge in [-0.05, 0) is 29.9 Å². The first-order valence-corrected chi connectivity index (χ1v) is 6.68. The van der Waals surface area contributed by atoms with Crippen molar-refractivity contribution in [2.24, 2.45) is 0 Å². The molecule has 0 atom stereocenters. The predicted octanol–water partition coefficient (Wildman–Crippen LogP) is 1.41. The van der Waals surface area contributed by atoms with Gasteiger partial charge in [-0.3, -0.25) is 0 Å². The van der Waals surface area contributed by atoms with Gasteiger partial charge in [0.1, 0.15) is 0 Å². The Kier molecular flexibility index (Phi) is 4.19. The van der Waals surface area contributed by atoms with Gasteiger partial charge in [-0.25, -0.2) is 12.7 Å². The summed E-state index contributed by atoms with van der Waals surface area (Å²) in [6, 6.07) is 6.98. The van der Waals surface area contributed by atoms with Gasteiger partial charge >= 0.3 is 0 Å². The maximum Gasteiger partial charge on any atom is 0.242 e. The molecule has 0 spiro atoms. The zero-order valence-electron chi connectivity index (χ0n) is 8.84. The fourth-order valence-electron chi connectivity index (χ4n) is 1.20. The highest BCUT2D eigenvalue weighted by Crippen LogP contribution is 2.15. The summed E-state index contributed by atoms with van der Waals surface area (Å²) in [5, 5.41) is 0. The number of benzene rings is 1. The first kappa shape index (κ1) is 12.5. The van der Waals surface area contributed by atoms with E-state index in [4.69, 9.17) is 0 Å². The fourth-order valence-corrected chi connectivity index (χ4v) is 2.43. The SMILES string of the molecule is CN(C)S(=O)(=O)c1cccc(CCS)c1. The highest BCUT2D eigenvalue weighted by atomic mass is 32.2. The highest BCUT2D eigenvalue weighted by molar-refractivity contribution is 7.89. The zero-order valence-corrected chi connectivity index (χ0v) is 10.6. The molecule has 0 fully saturated rings. The standard InChI is InChI=1S/C10H15NO2S2/c1-11(2)15(12,13)10-5-3-4-9(8-10)6-7-14/h3-5,8,14H,6-7H2,1-2H3. The van der Waals surface area contributed by atoms with E-state index in [-0.39, 0.29) is 0 Å². The summed E-state index contributed by atoms with van der Waals surface area (Å²) in [5.41, 5.74) is 0.993. The molecule has 84 valence electrons. The minimum atomic E-state index is -3.31. The first-order valence-electron chi connectivity index (χ1n) is 4.61. The van der Waals surface area contributed by atoms with Crippen LogP contribution in [0.25, 0.3) is 0 Å². The van der Waals surface area contributed by atoms with Crippen LogP contribution < -0.4 is 0 Å². The molecule has 0 N–H and O–H groups in total. The van der Waals surface area contributed by atoms with Crippen molar-refractivity contribution in [1.29, 1.82) is 0 Å². The van der Waals surface area contributed by atoms with Crippen LogP contribution >= 0.6 is 12.6 Å². The quantitative estimate of drug-likeness (QED) is 0.814. The molecule has 1 rings (SSSR count). The molecule has 15 heavy (non-hydrogen) atoms. The Morgan fingerprint density at radius 2 is 2.00 bits per heavy atom. The van der Waals surface area contributed by atoms with Crippen molar-refractivity contribution in [3.63, 3.8) is 0 Å². The molecule has 0 aromatic heterocycles. The summed E-state index contributed by atoms with van der Waals surface area (Å²) < 4.78 is 24.8. The van der Waals surface area contributed by atoms with Crippen molar-refractivity contribution in [2.45, 2.75) is 11.3 Å². The fraction of sp³-hybridized carbons (Fsp3) is 0.400. The molecule has 0 unspecified atom stereocenters. The van der Waals surface area contributed by atoms with Gasteiger partial charge in [0.25, 0.3) is 0 Å². The van der Waals surface area contributed by atoms with Gasteiger partial charge in [0, 0.05) is 14.1 Å². The van der Waals surface area contributed by atoms with E-state index in [1.54, 1.807) is 18.2 Å². The molecule has 0 bridgehead atoms. The van der Waals surface area contributed by atoms with Crippen LogP contribution in [0.3, 0.4) is 0 Å². The summed E-state index contributed by atoms with van der Waals surface area (Å²) in [6.45, 7) is 0. The maximum absolute atomic E-state index is 11.8. The second-order valence-corrected chi connectivity index (χ2v) is 6.01. The lowest BCUT2D eigenvalue weighted by molar-refractivity contribution is 0.520. The van der Waals surface area contributed by atoms with Crippen molar-refractivity contribution in [1.82, 2.24) is 4.31 Å². The monoisotopic (exact) mass is 245 g/mol. The van der Waals surface area contributed by atoms with Crippen LogP contribution in [0.5, 0.6) is 0 Å². The van der Waals surface area contributed by atoms with Crippen LogP contribution in [0.2, 0.25) is 0 Å². The van der Waals surface area contributed by atoms with E-state index in [2.05, 4.69) is 12.6 Å². The van der Waals surface area contributed by atoms with Gasteiger partial charge in [-0.2, -0.15) is 12.6 Å². The maximum atomic E-state index is 11.8.